The van der Waals surface area contributed by atoms with Crippen molar-refractivity contribution in [3.8, 4) is 0 Å². The first-order valence-electron chi connectivity index (χ1n) is 6.18. The van der Waals surface area contributed by atoms with E-state index < -0.39 is 0 Å². The Morgan fingerprint density at radius 1 is 1.14 bits per heavy atom. The molecule has 3 aromatic rings. The third kappa shape index (κ3) is 0.910. The molecular formula is C12H7BO. The van der Waals surface area contributed by atoms with Crippen LogP contribution in [0.4, 0.5) is 0 Å². The third-order valence-corrected chi connectivity index (χ3v) is 2.16. The van der Waals surface area contributed by atoms with Crippen molar-refractivity contribution < 1.29 is 9.90 Å². The number of fused-ring (bicyclic) bond motifs is 3. The van der Waals surface area contributed by atoms with Crippen LogP contribution in [0.5, 0.6) is 0 Å². The lowest BCUT2D eigenvalue weighted by atomic mass is 9.91. The van der Waals surface area contributed by atoms with Crippen LogP contribution in [0.25, 0.3) is 21.9 Å². The van der Waals surface area contributed by atoms with Crippen molar-refractivity contribution in [1.82, 2.24) is 0 Å². The summed E-state index contributed by atoms with van der Waals surface area (Å²) < 4.78 is 36.3. The van der Waals surface area contributed by atoms with E-state index in [1.807, 2.05) is 0 Å². The Hall–Kier alpha value is -1.70. The van der Waals surface area contributed by atoms with Gasteiger partial charge in [-0.3, -0.25) is 0 Å². The maximum Gasteiger partial charge on any atom is 0.135 e. The molecule has 0 aliphatic heterocycles. The predicted octanol–water partition coefficient (Wildman–Crippen LogP) is 2.38. The van der Waals surface area contributed by atoms with Crippen LogP contribution in [0.3, 0.4) is 0 Å². The summed E-state index contributed by atoms with van der Waals surface area (Å²) in [5.41, 5.74) is 0.772. The number of hydrogen-bond donors (Lipinski definition) is 0. The summed E-state index contributed by atoms with van der Waals surface area (Å²) in [6, 6.07) is 4.59. The highest BCUT2D eigenvalue weighted by molar-refractivity contribution is 6.41. The largest absolute Gasteiger partial charge is 0.456 e. The van der Waals surface area contributed by atoms with Gasteiger partial charge in [-0.25, -0.2) is 0 Å². The molecule has 2 aromatic carbocycles. The second-order valence-corrected chi connectivity index (χ2v) is 3.00. The van der Waals surface area contributed by atoms with E-state index in [2.05, 4.69) is 0 Å². The maximum absolute atomic E-state index is 7.78. The standard InChI is InChI=1S/C12H7BO/c13-9-5-3-7-11-12(9)8-4-1-2-6-10(8)14-11/h1-7H/i1D,5D,6D,7D. The fourth-order valence-corrected chi connectivity index (χ4v) is 1.54. The van der Waals surface area contributed by atoms with E-state index in [1.165, 1.54) is 18.2 Å². The molecule has 1 heterocycles. The van der Waals surface area contributed by atoms with E-state index in [9.17, 15) is 0 Å². The Morgan fingerprint density at radius 2 is 2.00 bits per heavy atom. The first-order valence-corrected chi connectivity index (χ1v) is 4.18. The van der Waals surface area contributed by atoms with E-state index in [4.69, 9.17) is 17.7 Å². The molecule has 0 aliphatic rings. The molecule has 1 aromatic heterocycles. The maximum atomic E-state index is 7.78. The molecule has 0 spiro atoms. The lowest BCUT2D eigenvalue weighted by Crippen LogP contribution is -2.00. The monoisotopic (exact) mass is 182 g/mol. The second kappa shape index (κ2) is 2.64. The van der Waals surface area contributed by atoms with Crippen molar-refractivity contribution in [2.75, 3.05) is 0 Å². The molecule has 0 aliphatic carbocycles. The van der Waals surface area contributed by atoms with E-state index in [0.29, 0.717) is 16.4 Å². The van der Waals surface area contributed by atoms with Crippen molar-refractivity contribution in [2.45, 2.75) is 0 Å². The molecule has 3 rings (SSSR count). The predicted molar refractivity (Wildman–Crippen MR) is 59.1 cm³/mol. The zero-order chi connectivity index (χ0) is 13.0. The fraction of sp³-hybridized carbons (Fsp3) is 0. The zero-order valence-corrected chi connectivity index (χ0v) is 7.22. The van der Waals surface area contributed by atoms with E-state index >= 15 is 0 Å². The van der Waals surface area contributed by atoms with Gasteiger partial charge < -0.3 is 4.42 Å². The first-order chi connectivity index (χ1) is 8.49. The first kappa shape index (κ1) is 4.69. The summed E-state index contributed by atoms with van der Waals surface area (Å²) in [5, 5.41) is 0.965. The molecule has 0 bridgehead atoms. The van der Waals surface area contributed by atoms with Gasteiger partial charge in [0.15, 0.2) is 0 Å². The van der Waals surface area contributed by atoms with E-state index in [1.54, 1.807) is 0 Å². The molecule has 0 N–H and O–H groups in total. The molecule has 0 saturated heterocycles. The normalized spacial score (nSPS) is 15.1. The van der Waals surface area contributed by atoms with Crippen molar-refractivity contribution in [2.24, 2.45) is 0 Å². The van der Waals surface area contributed by atoms with Gasteiger partial charge in [0.25, 0.3) is 0 Å². The van der Waals surface area contributed by atoms with Gasteiger partial charge in [0.1, 0.15) is 19.0 Å². The summed E-state index contributed by atoms with van der Waals surface area (Å²) in [6.45, 7) is 0. The average molecular weight is 182 g/mol. The lowest BCUT2D eigenvalue weighted by Gasteiger charge is -1.93. The fourth-order valence-electron chi connectivity index (χ4n) is 1.54. The number of benzene rings is 2. The van der Waals surface area contributed by atoms with Crippen LogP contribution in [0, 0.1) is 0 Å². The van der Waals surface area contributed by atoms with Crippen molar-refractivity contribution in [3.05, 3.63) is 42.4 Å². The molecule has 0 unspecified atom stereocenters. The van der Waals surface area contributed by atoms with Gasteiger partial charge in [-0.1, -0.05) is 35.7 Å². The van der Waals surface area contributed by atoms with Crippen LogP contribution >= 0.6 is 0 Å². The number of para-hydroxylation sites is 1. The second-order valence-electron chi connectivity index (χ2n) is 3.00. The Labute approximate surface area is 88.4 Å². The molecule has 64 valence electrons. The number of furan rings is 1. The molecule has 14 heavy (non-hydrogen) atoms. The van der Waals surface area contributed by atoms with Gasteiger partial charge in [0.05, 0.1) is 5.48 Å². The SMILES string of the molecule is [2H]c1cc([2H])c2oc3c([2H])cc([2H])c([B])c3c2c1. The number of hydrogen-bond acceptors (Lipinski definition) is 1. The quantitative estimate of drug-likeness (QED) is 0.486. The van der Waals surface area contributed by atoms with Crippen LogP contribution in [0.2, 0.25) is 0 Å². The molecular weight excluding hydrogens is 171 g/mol. The van der Waals surface area contributed by atoms with Gasteiger partial charge in [-0.05, 0) is 12.1 Å². The van der Waals surface area contributed by atoms with Crippen LogP contribution in [-0.2, 0) is 0 Å². The van der Waals surface area contributed by atoms with Gasteiger partial charge in [-0.15, -0.1) is 0 Å². The highest BCUT2D eigenvalue weighted by Gasteiger charge is 2.06. The highest BCUT2D eigenvalue weighted by Crippen LogP contribution is 2.26. The van der Waals surface area contributed by atoms with Crippen LogP contribution < -0.4 is 5.46 Å². The van der Waals surface area contributed by atoms with Crippen LogP contribution in [0.15, 0.2) is 46.8 Å². The molecule has 0 fully saturated rings. The minimum absolute atomic E-state index is 0.0529. The molecule has 1 nitrogen and oxygen atoms in total. The molecule has 0 atom stereocenters. The Kier molecular flexibility index (Phi) is 0.887. The summed E-state index contributed by atoms with van der Waals surface area (Å²) in [6.07, 6.45) is 0. The highest BCUT2D eigenvalue weighted by atomic mass is 16.3. The molecule has 0 amide bonds. The van der Waals surface area contributed by atoms with Crippen LogP contribution in [0.1, 0.15) is 5.48 Å². The number of rotatable bonds is 0. The molecule has 0 saturated carbocycles. The summed E-state index contributed by atoms with van der Waals surface area (Å²) in [7, 11) is 5.84. The van der Waals surface area contributed by atoms with Gasteiger partial charge >= 0.3 is 0 Å². The van der Waals surface area contributed by atoms with Crippen LogP contribution in [-0.4, -0.2) is 7.85 Å². The Bertz CT molecular complexity index is 794. The van der Waals surface area contributed by atoms with E-state index in [-0.39, 0.29) is 35.2 Å². The average Bonchev–Trinajstić information content (AvgIpc) is 2.66. The minimum atomic E-state index is 0.0529. The summed E-state index contributed by atoms with van der Waals surface area (Å²) in [5.74, 6) is 0. The smallest absolute Gasteiger partial charge is 0.135 e. The Balaban J connectivity index is 2.65. The third-order valence-electron chi connectivity index (χ3n) is 2.16. The minimum Gasteiger partial charge on any atom is -0.456 e. The van der Waals surface area contributed by atoms with Crippen molar-refractivity contribution in [1.29, 1.82) is 0 Å². The van der Waals surface area contributed by atoms with E-state index in [0.717, 1.165) is 0 Å². The summed E-state index contributed by atoms with van der Waals surface area (Å²) in [4.78, 5) is 0. The topological polar surface area (TPSA) is 13.1 Å². The molecule has 2 radical (unpaired) electrons. The lowest BCUT2D eigenvalue weighted by molar-refractivity contribution is 0.669. The zero-order valence-electron chi connectivity index (χ0n) is 11.2. The van der Waals surface area contributed by atoms with Gasteiger partial charge in [0.2, 0.25) is 0 Å². The van der Waals surface area contributed by atoms with Gasteiger partial charge in [0, 0.05) is 10.8 Å². The van der Waals surface area contributed by atoms with Crippen molar-refractivity contribution >= 4 is 35.2 Å². The van der Waals surface area contributed by atoms with Crippen molar-refractivity contribution in [3.63, 3.8) is 0 Å². The molecule has 2 heteroatoms. The van der Waals surface area contributed by atoms with Gasteiger partial charge in [-0.2, -0.15) is 0 Å². The summed E-state index contributed by atoms with van der Waals surface area (Å²) >= 11 is 0. The Morgan fingerprint density at radius 3 is 2.93 bits per heavy atom.